The molecule has 0 aliphatic rings. The highest BCUT2D eigenvalue weighted by Crippen LogP contribution is 2.27. The lowest BCUT2D eigenvalue weighted by Gasteiger charge is -2.07. The van der Waals surface area contributed by atoms with Crippen LogP contribution < -0.4 is 5.32 Å². The average molecular weight is 409 g/mol. The number of allylic oxidation sites excluding steroid dienone is 1. The number of hydrogen-bond donors (Lipinski definition) is 1. The summed E-state index contributed by atoms with van der Waals surface area (Å²) in [5.74, 6) is 0.792. The zero-order valence-corrected chi connectivity index (χ0v) is 16.4. The van der Waals surface area contributed by atoms with E-state index < -0.39 is 0 Å². The van der Waals surface area contributed by atoms with Gasteiger partial charge in [0, 0.05) is 24.5 Å². The molecule has 0 unspecified atom stereocenters. The molecule has 0 aliphatic heterocycles. The van der Waals surface area contributed by atoms with Crippen LogP contribution in [0.4, 0.5) is 5.13 Å². The van der Waals surface area contributed by atoms with E-state index in [1.54, 1.807) is 18.5 Å². The molecule has 28 heavy (non-hydrogen) atoms. The maximum atomic E-state index is 12.4. The van der Waals surface area contributed by atoms with E-state index in [0.717, 1.165) is 21.6 Å². The van der Waals surface area contributed by atoms with Crippen LogP contribution in [0.15, 0.2) is 66.6 Å². The van der Waals surface area contributed by atoms with Gasteiger partial charge in [0.25, 0.3) is 0 Å². The van der Waals surface area contributed by atoms with Crippen molar-refractivity contribution in [3.63, 3.8) is 0 Å². The fourth-order valence-electron chi connectivity index (χ4n) is 2.61. The molecule has 0 aliphatic carbocycles. The van der Waals surface area contributed by atoms with Crippen LogP contribution in [0.2, 0.25) is 0 Å². The topological polar surface area (TPSA) is 85.6 Å². The molecule has 7 nitrogen and oxygen atoms in total. The van der Waals surface area contributed by atoms with E-state index in [-0.39, 0.29) is 11.7 Å². The minimum atomic E-state index is -0.136. The Kier molecular flexibility index (Phi) is 5.45. The summed E-state index contributed by atoms with van der Waals surface area (Å²) >= 11 is 2.78. The van der Waals surface area contributed by atoms with Crippen molar-refractivity contribution in [1.82, 2.24) is 24.7 Å². The van der Waals surface area contributed by atoms with Crippen molar-refractivity contribution in [3.8, 4) is 11.4 Å². The van der Waals surface area contributed by atoms with E-state index in [4.69, 9.17) is 0 Å². The van der Waals surface area contributed by atoms with Crippen LogP contribution >= 0.6 is 23.1 Å². The number of carbonyl (C=O) groups is 1. The third-order valence-corrected chi connectivity index (χ3v) is 5.76. The molecular weight excluding hydrogens is 392 g/mol. The molecule has 0 fully saturated rings. The summed E-state index contributed by atoms with van der Waals surface area (Å²) in [7, 11) is 0. The summed E-state index contributed by atoms with van der Waals surface area (Å²) in [4.78, 5) is 20.8. The first-order valence-electron chi connectivity index (χ1n) is 8.47. The Morgan fingerprint density at radius 2 is 2.04 bits per heavy atom. The molecule has 0 spiro atoms. The summed E-state index contributed by atoms with van der Waals surface area (Å²) in [6, 6.07) is 11.5. The quantitative estimate of drug-likeness (QED) is 0.369. The van der Waals surface area contributed by atoms with Crippen LogP contribution in [0.5, 0.6) is 0 Å². The lowest BCUT2D eigenvalue weighted by Crippen LogP contribution is -2.14. The molecule has 3 aromatic heterocycles. The van der Waals surface area contributed by atoms with E-state index in [1.807, 2.05) is 41.0 Å². The second kappa shape index (κ2) is 8.32. The molecule has 0 bridgehead atoms. The van der Waals surface area contributed by atoms with Gasteiger partial charge >= 0.3 is 0 Å². The van der Waals surface area contributed by atoms with Crippen LogP contribution in [-0.2, 0) is 11.3 Å². The number of aromatic nitrogens is 5. The first kappa shape index (κ1) is 18.3. The Morgan fingerprint density at radius 1 is 1.21 bits per heavy atom. The van der Waals surface area contributed by atoms with Gasteiger partial charge in [-0.1, -0.05) is 41.3 Å². The summed E-state index contributed by atoms with van der Waals surface area (Å²) in [6.07, 6.45) is 5.19. The number of anilines is 1. The second-order valence-corrected chi connectivity index (χ2v) is 7.74. The van der Waals surface area contributed by atoms with E-state index >= 15 is 0 Å². The number of amides is 1. The van der Waals surface area contributed by atoms with Gasteiger partial charge in [0.15, 0.2) is 16.1 Å². The third-order valence-electron chi connectivity index (χ3n) is 3.84. The molecule has 0 atom stereocenters. The Balaban J connectivity index is 1.46. The Hall–Kier alpha value is -3.04. The second-order valence-electron chi connectivity index (χ2n) is 5.76. The van der Waals surface area contributed by atoms with Crippen molar-refractivity contribution in [1.29, 1.82) is 0 Å². The number of para-hydroxylation sites is 1. The first-order chi connectivity index (χ1) is 13.7. The average Bonchev–Trinajstić information content (AvgIpc) is 3.30. The van der Waals surface area contributed by atoms with Gasteiger partial charge in [-0.3, -0.25) is 14.3 Å². The van der Waals surface area contributed by atoms with Crippen molar-refractivity contribution >= 4 is 44.4 Å². The van der Waals surface area contributed by atoms with Crippen molar-refractivity contribution < 1.29 is 4.79 Å². The zero-order valence-electron chi connectivity index (χ0n) is 14.8. The molecule has 0 saturated heterocycles. The number of thiazole rings is 1. The highest BCUT2D eigenvalue weighted by Gasteiger charge is 2.15. The zero-order chi connectivity index (χ0) is 19.3. The summed E-state index contributed by atoms with van der Waals surface area (Å²) in [5, 5.41) is 12.6. The largest absolute Gasteiger partial charge is 0.301 e. The molecule has 1 aromatic carbocycles. The number of hydrogen-bond acceptors (Lipinski definition) is 7. The summed E-state index contributed by atoms with van der Waals surface area (Å²) in [6.45, 7) is 4.35. The van der Waals surface area contributed by atoms with Crippen LogP contribution in [0.3, 0.4) is 0 Å². The van der Waals surface area contributed by atoms with Gasteiger partial charge in [0.1, 0.15) is 0 Å². The molecule has 4 aromatic rings. The first-order valence-corrected chi connectivity index (χ1v) is 10.3. The van der Waals surface area contributed by atoms with E-state index in [2.05, 4.69) is 32.1 Å². The molecule has 1 amide bonds. The van der Waals surface area contributed by atoms with E-state index in [1.165, 1.54) is 23.1 Å². The van der Waals surface area contributed by atoms with Crippen LogP contribution in [0.1, 0.15) is 0 Å². The number of fused-ring (bicyclic) bond motifs is 1. The van der Waals surface area contributed by atoms with Crippen molar-refractivity contribution in [2.24, 2.45) is 0 Å². The number of carbonyl (C=O) groups excluding carboxylic acids is 1. The maximum Gasteiger partial charge on any atom is 0.236 e. The highest BCUT2D eigenvalue weighted by atomic mass is 32.2. The number of thioether (sulfide) groups is 1. The number of pyridine rings is 1. The van der Waals surface area contributed by atoms with Gasteiger partial charge in [-0.2, -0.15) is 0 Å². The number of nitrogens with zero attached hydrogens (tertiary/aromatic N) is 5. The maximum absolute atomic E-state index is 12.4. The molecule has 3 heterocycles. The predicted molar refractivity (Wildman–Crippen MR) is 112 cm³/mol. The van der Waals surface area contributed by atoms with E-state index in [0.29, 0.717) is 16.8 Å². The summed E-state index contributed by atoms with van der Waals surface area (Å²) < 4.78 is 2.97. The minimum Gasteiger partial charge on any atom is -0.301 e. The standard InChI is InChI=1S/C19H16N6OS2/c1-2-11-25-17(13-7-9-20-10-8-13)23-24-19(25)27-12-16(26)22-18-21-14-5-3-4-6-15(14)28-18/h2-10H,1,11-12H2,(H,21,22,26). The van der Waals surface area contributed by atoms with Gasteiger partial charge < -0.3 is 5.32 Å². The molecule has 9 heteroatoms. The Labute approximate surface area is 169 Å². The fourth-order valence-corrected chi connectivity index (χ4v) is 4.24. The molecule has 140 valence electrons. The van der Waals surface area contributed by atoms with Crippen LogP contribution in [0, 0.1) is 0 Å². The smallest absolute Gasteiger partial charge is 0.236 e. The highest BCUT2D eigenvalue weighted by molar-refractivity contribution is 7.99. The molecular formula is C19H16N6OS2. The van der Waals surface area contributed by atoms with Crippen molar-refractivity contribution in [2.45, 2.75) is 11.7 Å². The molecule has 0 radical (unpaired) electrons. The van der Waals surface area contributed by atoms with Gasteiger partial charge in [-0.05, 0) is 24.3 Å². The van der Waals surface area contributed by atoms with Crippen LogP contribution in [-0.4, -0.2) is 36.4 Å². The van der Waals surface area contributed by atoms with Gasteiger partial charge in [-0.15, -0.1) is 16.8 Å². The third kappa shape index (κ3) is 3.95. The minimum absolute atomic E-state index is 0.136. The monoisotopic (exact) mass is 408 g/mol. The Bertz CT molecular complexity index is 1090. The van der Waals surface area contributed by atoms with Gasteiger partial charge in [-0.25, -0.2) is 4.98 Å². The summed E-state index contributed by atoms with van der Waals surface area (Å²) in [5.41, 5.74) is 1.79. The predicted octanol–water partition coefficient (Wildman–Crippen LogP) is 3.87. The van der Waals surface area contributed by atoms with Gasteiger partial charge in [0.2, 0.25) is 5.91 Å². The normalized spacial score (nSPS) is 10.9. The lowest BCUT2D eigenvalue weighted by molar-refractivity contribution is -0.113. The van der Waals surface area contributed by atoms with Gasteiger partial charge in [0.05, 0.1) is 16.0 Å². The number of benzene rings is 1. The molecule has 0 saturated carbocycles. The number of nitrogens with one attached hydrogen (secondary N) is 1. The van der Waals surface area contributed by atoms with Crippen LogP contribution in [0.25, 0.3) is 21.6 Å². The SMILES string of the molecule is C=CCn1c(SCC(=O)Nc2nc3ccccc3s2)nnc1-c1ccncc1. The lowest BCUT2D eigenvalue weighted by atomic mass is 10.2. The molecule has 4 rings (SSSR count). The Morgan fingerprint density at radius 3 is 2.82 bits per heavy atom. The van der Waals surface area contributed by atoms with Crippen molar-refractivity contribution in [2.75, 3.05) is 11.1 Å². The molecule has 1 N–H and O–H groups in total. The van der Waals surface area contributed by atoms with Crippen molar-refractivity contribution in [3.05, 3.63) is 61.4 Å². The fraction of sp³-hybridized carbons (Fsp3) is 0.105. The number of rotatable bonds is 7. The van der Waals surface area contributed by atoms with E-state index in [9.17, 15) is 4.79 Å².